The van der Waals surface area contributed by atoms with E-state index in [4.69, 9.17) is 0 Å². The number of aliphatic hydroxyl groups is 1. The van der Waals surface area contributed by atoms with Crippen LogP contribution in [0.5, 0.6) is 0 Å². The van der Waals surface area contributed by atoms with Gasteiger partial charge in [-0.2, -0.15) is 0 Å². The lowest BCUT2D eigenvalue weighted by molar-refractivity contribution is -0.122. The zero-order valence-corrected chi connectivity index (χ0v) is 21.3. The van der Waals surface area contributed by atoms with E-state index in [1.165, 1.54) is 24.8 Å². The average Bonchev–Trinajstić information content (AvgIpc) is 3.00. The molecular formula is C27H42N4O3. The van der Waals surface area contributed by atoms with Gasteiger partial charge < -0.3 is 20.2 Å². The largest absolute Gasteiger partial charge is 0.389 e. The molecule has 0 atom stereocenters. The van der Waals surface area contributed by atoms with Crippen LogP contribution in [0.3, 0.4) is 0 Å². The van der Waals surface area contributed by atoms with Crippen molar-refractivity contribution >= 4 is 11.9 Å². The quantitative estimate of drug-likeness (QED) is 0.612. The van der Waals surface area contributed by atoms with E-state index in [2.05, 4.69) is 59.5 Å². The standard InChI is InChI=1S/C27H42N4O3/c1-25(2,34)19-28-23(32)18-30-20-26(31(24(30)33)17-21-9-8-10-21)13-15-27(16-14-26,29(3)4)22-11-6-5-7-12-22/h5-7,11-12,21,34H,8-10,13-20H2,1-4H3,(H,28,32). The molecule has 34 heavy (non-hydrogen) atoms. The van der Waals surface area contributed by atoms with Gasteiger partial charge in [0, 0.05) is 25.2 Å². The fraction of sp³-hybridized carbons (Fsp3) is 0.704. The van der Waals surface area contributed by atoms with Crippen LogP contribution in [0.1, 0.15) is 64.4 Å². The molecule has 2 N–H and O–H groups in total. The summed E-state index contributed by atoms with van der Waals surface area (Å²) in [6, 6.07) is 10.7. The van der Waals surface area contributed by atoms with Gasteiger partial charge in [0.2, 0.25) is 5.91 Å². The number of carbonyl (C=O) groups is 2. The number of rotatable bonds is 8. The Labute approximate surface area is 204 Å². The lowest BCUT2D eigenvalue weighted by atomic mass is 9.68. The topological polar surface area (TPSA) is 76.1 Å². The summed E-state index contributed by atoms with van der Waals surface area (Å²) in [5.41, 5.74) is 0.123. The van der Waals surface area contributed by atoms with Crippen LogP contribution in [-0.2, 0) is 10.3 Å². The summed E-state index contributed by atoms with van der Waals surface area (Å²) in [4.78, 5) is 32.4. The Morgan fingerprint density at radius 3 is 2.32 bits per heavy atom. The summed E-state index contributed by atoms with van der Waals surface area (Å²) in [6.07, 6.45) is 7.46. The monoisotopic (exact) mass is 470 g/mol. The smallest absolute Gasteiger partial charge is 0.321 e. The van der Waals surface area contributed by atoms with Crippen molar-refractivity contribution in [2.45, 2.75) is 75.5 Å². The Morgan fingerprint density at radius 1 is 1.15 bits per heavy atom. The number of benzene rings is 1. The molecule has 7 heteroatoms. The van der Waals surface area contributed by atoms with Crippen LogP contribution in [-0.4, -0.2) is 83.2 Å². The van der Waals surface area contributed by atoms with Crippen LogP contribution in [0.25, 0.3) is 0 Å². The zero-order valence-electron chi connectivity index (χ0n) is 21.3. The minimum absolute atomic E-state index is 0.00220. The van der Waals surface area contributed by atoms with Crippen molar-refractivity contribution in [2.24, 2.45) is 5.92 Å². The van der Waals surface area contributed by atoms with E-state index in [1.54, 1.807) is 18.7 Å². The van der Waals surface area contributed by atoms with E-state index >= 15 is 0 Å². The highest BCUT2D eigenvalue weighted by molar-refractivity contribution is 5.86. The van der Waals surface area contributed by atoms with E-state index in [1.807, 2.05) is 0 Å². The predicted octanol–water partition coefficient (Wildman–Crippen LogP) is 3.18. The Morgan fingerprint density at radius 2 is 1.79 bits per heavy atom. The summed E-state index contributed by atoms with van der Waals surface area (Å²) >= 11 is 0. The van der Waals surface area contributed by atoms with Gasteiger partial charge in [-0.1, -0.05) is 36.8 Å². The van der Waals surface area contributed by atoms with Gasteiger partial charge in [0.25, 0.3) is 0 Å². The molecule has 1 heterocycles. The molecule has 1 aliphatic heterocycles. The maximum atomic E-state index is 13.6. The summed E-state index contributed by atoms with van der Waals surface area (Å²) in [5.74, 6) is 0.373. The molecule has 7 nitrogen and oxygen atoms in total. The van der Waals surface area contributed by atoms with Crippen molar-refractivity contribution in [1.82, 2.24) is 20.0 Å². The summed E-state index contributed by atoms with van der Waals surface area (Å²) in [7, 11) is 4.33. The van der Waals surface area contributed by atoms with Crippen molar-refractivity contribution in [3.05, 3.63) is 35.9 Å². The molecule has 2 saturated carbocycles. The number of carbonyl (C=O) groups excluding carboxylic acids is 2. The maximum Gasteiger partial charge on any atom is 0.321 e. The third-order valence-corrected chi connectivity index (χ3v) is 8.45. The van der Waals surface area contributed by atoms with Crippen molar-refractivity contribution in [1.29, 1.82) is 0 Å². The molecule has 1 aromatic rings. The normalized spacial score (nSPS) is 28.0. The number of hydrogen-bond acceptors (Lipinski definition) is 4. The molecule has 0 radical (unpaired) electrons. The van der Waals surface area contributed by atoms with E-state index in [9.17, 15) is 14.7 Å². The predicted molar refractivity (Wildman–Crippen MR) is 133 cm³/mol. The zero-order chi connectivity index (χ0) is 24.6. The number of hydrogen-bond donors (Lipinski definition) is 2. The van der Waals surface area contributed by atoms with Crippen LogP contribution in [0.4, 0.5) is 4.79 Å². The Bertz CT molecular complexity index is 868. The molecule has 3 amide bonds. The highest BCUT2D eigenvalue weighted by Crippen LogP contribution is 2.49. The fourth-order valence-electron chi connectivity index (χ4n) is 6.05. The molecule has 3 fully saturated rings. The van der Waals surface area contributed by atoms with Gasteiger partial charge in [0.15, 0.2) is 0 Å². The van der Waals surface area contributed by atoms with Crippen LogP contribution < -0.4 is 5.32 Å². The fourth-order valence-corrected chi connectivity index (χ4v) is 6.05. The molecule has 0 aromatic heterocycles. The lowest BCUT2D eigenvalue weighted by Crippen LogP contribution is -2.56. The van der Waals surface area contributed by atoms with Crippen molar-refractivity contribution in [3.63, 3.8) is 0 Å². The second-order valence-electron chi connectivity index (χ2n) is 11.7. The molecule has 0 unspecified atom stereocenters. The first-order chi connectivity index (χ1) is 16.0. The van der Waals surface area contributed by atoms with E-state index in [-0.39, 0.29) is 36.1 Å². The van der Waals surface area contributed by atoms with Crippen molar-refractivity contribution < 1.29 is 14.7 Å². The van der Waals surface area contributed by atoms with E-state index in [0.717, 1.165) is 32.2 Å². The van der Waals surface area contributed by atoms with E-state index in [0.29, 0.717) is 12.5 Å². The molecule has 2 aliphatic carbocycles. The molecule has 188 valence electrons. The molecular weight excluding hydrogens is 428 g/mol. The van der Waals surface area contributed by atoms with Gasteiger partial charge in [-0.05, 0) is 77.9 Å². The molecule has 1 spiro atoms. The summed E-state index contributed by atoms with van der Waals surface area (Å²) in [5, 5.41) is 12.7. The summed E-state index contributed by atoms with van der Waals surface area (Å²) < 4.78 is 0. The number of nitrogens with zero attached hydrogens (tertiary/aromatic N) is 3. The molecule has 1 aromatic carbocycles. The minimum atomic E-state index is -0.974. The van der Waals surface area contributed by atoms with Crippen LogP contribution in [0, 0.1) is 5.92 Å². The number of amides is 3. The van der Waals surface area contributed by atoms with Gasteiger partial charge in [-0.3, -0.25) is 9.69 Å². The first-order valence-electron chi connectivity index (χ1n) is 12.8. The number of urea groups is 1. The number of nitrogens with one attached hydrogen (secondary N) is 1. The Hall–Kier alpha value is -2.12. The van der Waals surface area contributed by atoms with Crippen LogP contribution >= 0.6 is 0 Å². The molecule has 3 aliphatic rings. The van der Waals surface area contributed by atoms with Crippen molar-refractivity contribution in [2.75, 3.05) is 40.3 Å². The highest BCUT2D eigenvalue weighted by atomic mass is 16.3. The minimum Gasteiger partial charge on any atom is -0.389 e. The van der Waals surface area contributed by atoms with Gasteiger partial charge in [-0.15, -0.1) is 0 Å². The first kappa shape index (κ1) is 25.0. The van der Waals surface area contributed by atoms with Crippen LogP contribution in [0.2, 0.25) is 0 Å². The molecule has 4 rings (SSSR count). The second-order valence-corrected chi connectivity index (χ2v) is 11.7. The third-order valence-electron chi connectivity index (χ3n) is 8.45. The Kier molecular flexibility index (Phi) is 6.98. The third kappa shape index (κ3) is 4.96. The SMILES string of the molecule is CN(C)C1(c2ccccc2)CCC2(CC1)CN(CC(=O)NCC(C)(C)O)C(=O)N2CC1CCC1. The molecule has 1 saturated heterocycles. The maximum absolute atomic E-state index is 13.6. The van der Waals surface area contributed by atoms with Gasteiger partial charge in [0.05, 0.1) is 11.1 Å². The second kappa shape index (κ2) is 9.50. The van der Waals surface area contributed by atoms with E-state index < -0.39 is 5.60 Å². The first-order valence-corrected chi connectivity index (χ1v) is 12.8. The average molecular weight is 471 g/mol. The highest BCUT2D eigenvalue weighted by Gasteiger charge is 2.55. The van der Waals surface area contributed by atoms with Gasteiger partial charge in [-0.25, -0.2) is 4.79 Å². The molecule has 0 bridgehead atoms. The van der Waals surface area contributed by atoms with Gasteiger partial charge in [0.1, 0.15) is 6.54 Å². The van der Waals surface area contributed by atoms with Crippen molar-refractivity contribution in [3.8, 4) is 0 Å². The Balaban J connectivity index is 1.52. The lowest BCUT2D eigenvalue weighted by Gasteiger charge is -2.51. The summed E-state index contributed by atoms with van der Waals surface area (Å²) in [6.45, 7) is 4.96. The van der Waals surface area contributed by atoms with Crippen LogP contribution in [0.15, 0.2) is 30.3 Å². The van der Waals surface area contributed by atoms with Gasteiger partial charge >= 0.3 is 6.03 Å².